The Morgan fingerprint density at radius 2 is 1.51 bits per heavy atom. The van der Waals surface area contributed by atoms with Gasteiger partial charge in [-0.25, -0.2) is 13.2 Å². The fraction of sp³-hybridized carbons (Fsp3) is 0.138. The minimum Gasteiger partial charge on any atom is -0.478 e. The standard InChI is InChI=1S/C29H25Cl2NO5S.ClH/c30-23-3-1-2-21(16-23)28(33)18-32-15-14-19-4-9-24(10-5-19)38(36,37)25-11-6-20(7-12-25)26-13-8-22(29(34)35)17-27(26)31;/h1-13,16-17,28,32-33H,14-15,18H2,(H,34,35);1H/t28-;/m0./s1. The van der Waals surface area contributed by atoms with E-state index < -0.39 is 21.9 Å². The summed E-state index contributed by atoms with van der Waals surface area (Å²) in [4.78, 5) is 11.4. The number of nitrogens with one attached hydrogen (secondary N) is 1. The molecule has 6 nitrogen and oxygen atoms in total. The molecule has 0 unspecified atom stereocenters. The van der Waals surface area contributed by atoms with Gasteiger partial charge in [-0.1, -0.05) is 65.7 Å². The largest absolute Gasteiger partial charge is 0.478 e. The summed E-state index contributed by atoms with van der Waals surface area (Å²) in [5.41, 5.74) is 3.07. The van der Waals surface area contributed by atoms with Gasteiger partial charge in [0.1, 0.15) is 0 Å². The maximum atomic E-state index is 13.1. The first-order valence-electron chi connectivity index (χ1n) is 11.8. The van der Waals surface area contributed by atoms with Crippen LogP contribution in [-0.4, -0.2) is 37.7 Å². The molecule has 0 aliphatic rings. The topological polar surface area (TPSA) is 104 Å². The Morgan fingerprint density at radius 1 is 0.872 bits per heavy atom. The Kier molecular flexibility index (Phi) is 10.6. The fourth-order valence-electron chi connectivity index (χ4n) is 3.97. The van der Waals surface area contributed by atoms with E-state index in [1.165, 1.54) is 24.3 Å². The smallest absolute Gasteiger partial charge is 0.335 e. The number of aliphatic hydroxyl groups excluding tert-OH is 1. The number of aliphatic hydroxyl groups is 1. The molecular formula is C29H26Cl3NO5S. The van der Waals surface area contributed by atoms with Crippen molar-refractivity contribution in [2.24, 2.45) is 0 Å². The number of sulfone groups is 1. The summed E-state index contributed by atoms with van der Waals surface area (Å²) in [6.45, 7) is 0.985. The van der Waals surface area contributed by atoms with Crippen molar-refractivity contribution in [3.05, 3.63) is 118 Å². The number of halogens is 3. The molecular weight excluding hydrogens is 581 g/mol. The molecule has 0 bridgehead atoms. The minimum atomic E-state index is -3.72. The van der Waals surface area contributed by atoms with Crippen LogP contribution >= 0.6 is 35.6 Å². The lowest BCUT2D eigenvalue weighted by Crippen LogP contribution is -2.23. The summed E-state index contributed by atoms with van der Waals surface area (Å²) in [6.07, 6.45) is -0.00800. The van der Waals surface area contributed by atoms with Gasteiger partial charge in [0.05, 0.1) is 21.5 Å². The second kappa shape index (κ2) is 13.4. The fourth-order valence-corrected chi connectivity index (χ4v) is 5.72. The molecule has 0 spiro atoms. The second-order valence-electron chi connectivity index (χ2n) is 8.70. The molecule has 204 valence electrons. The van der Waals surface area contributed by atoms with Gasteiger partial charge in [-0.15, -0.1) is 12.4 Å². The van der Waals surface area contributed by atoms with Crippen LogP contribution in [0.25, 0.3) is 11.1 Å². The molecule has 0 amide bonds. The van der Waals surface area contributed by atoms with Gasteiger partial charge < -0.3 is 15.5 Å². The first kappa shape index (κ1) is 30.6. The lowest BCUT2D eigenvalue weighted by atomic mass is 10.0. The average molecular weight is 607 g/mol. The van der Waals surface area contributed by atoms with Gasteiger partial charge in [-0.2, -0.15) is 0 Å². The van der Waals surface area contributed by atoms with Crippen molar-refractivity contribution in [2.75, 3.05) is 13.1 Å². The van der Waals surface area contributed by atoms with E-state index in [0.717, 1.165) is 11.1 Å². The van der Waals surface area contributed by atoms with E-state index >= 15 is 0 Å². The van der Waals surface area contributed by atoms with E-state index in [-0.39, 0.29) is 32.8 Å². The summed E-state index contributed by atoms with van der Waals surface area (Å²) >= 11 is 12.2. The second-order valence-corrected chi connectivity index (χ2v) is 11.5. The summed E-state index contributed by atoms with van der Waals surface area (Å²) in [7, 11) is -3.72. The van der Waals surface area contributed by atoms with Crippen LogP contribution in [0.1, 0.15) is 27.6 Å². The van der Waals surface area contributed by atoms with Gasteiger partial charge in [-0.3, -0.25) is 0 Å². The average Bonchev–Trinajstić information content (AvgIpc) is 2.91. The SMILES string of the molecule is Cl.O=C(O)c1ccc(-c2ccc(S(=O)(=O)c3ccc(CCNC[C@H](O)c4cccc(Cl)c4)cc3)cc2)c(Cl)c1. The van der Waals surface area contributed by atoms with E-state index in [1.54, 1.807) is 60.7 Å². The van der Waals surface area contributed by atoms with E-state index in [2.05, 4.69) is 5.32 Å². The monoisotopic (exact) mass is 605 g/mol. The molecule has 4 aromatic carbocycles. The number of benzene rings is 4. The first-order valence-corrected chi connectivity index (χ1v) is 14.0. The van der Waals surface area contributed by atoms with Gasteiger partial charge in [0, 0.05) is 22.2 Å². The van der Waals surface area contributed by atoms with Gasteiger partial charge in [-0.05, 0) is 78.2 Å². The maximum absolute atomic E-state index is 13.1. The molecule has 0 radical (unpaired) electrons. The third-order valence-electron chi connectivity index (χ3n) is 6.09. The predicted molar refractivity (Wildman–Crippen MR) is 156 cm³/mol. The predicted octanol–water partition coefficient (Wildman–Crippen LogP) is 6.48. The number of hydrogen-bond acceptors (Lipinski definition) is 5. The van der Waals surface area contributed by atoms with Crippen LogP contribution in [0.2, 0.25) is 10.0 Å². The number of carbonyl (C=O) groups is 1. The number of rotatable bonds is 10. The van der Waals surface area contributed by atoms with Crippen molar-refractivity contribution in [2.45, 2.75) is 22.3 Å². The quantitative estimate of drug-likeness (QED) is 0.179. The van der Waals surface area contributed by atoms with Crippen molar-refractivity contribution in [3.8, 4) is 11.1 Å². The van der Waals surface area contributed by atoms with Crippen molar-refractivity contribution in [1.29, 1.82) is 0 Å². The summed E-state index contributed by atoms with van der Waals surface area (Å²) in [5, 5.41) is 23.4. The molecule has 0 aromatic heterocycles. The van der Waals surface area contributed by atoms with Gasteiger partial charge >= 0.3 is 5.97 Å². The molecule has 0 saturated carbocycles. The van der Waals surface area contributed by atoms with Crippen LogP contribution < -0.4 is 5.32 Å². The Hall–Kier alpha value is -2.91. The maximum Gasteiger partial charge on any atom is 0.335 e. The molecule has 0 fully saturated rings. The van der Waals surface area contributed by atoms with Crippen LogP contribution in [0.4, 0.5) is 0 Å². The van der Waals surface area contributed by atoms with Crippen LogP contribution in [0.3, 0.4) is 0 Å². The highest BCUT2D eigenvalue weighted by Crippen LogP contribution is 2.31. The first-order chi connectivity index (χ1) is 18.1. The highest BCUT2D eigenvalue weighted by molar-refractivity contribution is 7.91. The van der Waals surface area contributed by atoms with E-state index in [1.807, 2.05) is 6.07 Å². The summed E-state index contributed by atoms with van der Waals surface area (Å²) in [6, 6.07) is 24.5. The van der Waals surface area contributed by atoms with Gasteiger partial charge in [0.2, 0.25) is 9.84 Å². The van der Waals surface area contributed by atoms with E-state index in [4.69, 9.17) is 28.3 Å². The Morgan fingerprint density at radius 3 is 2.10 bits per heavy atom. The zero-order valence-electron chi connectivity index (χ0n) is 20.6. The molecule has 0 heterocycles. The third kappa shape index (κ3) is 7.60. The van der Waals surface area contributed by atoms with Crippen molar-refractivity contribution in [3.63, 3.8) is 0 Å². The molecule has 0 aliphatic heterocycles. The van der Waals surface area contributed by atoms with E-state index in [0.29, 0.717) is 35.7 Å². The molecule has 10 heteroatoms. The highest BCUT2D eigenvalue weighted by Gasteiger charge is 2.18. The normalized spacial score (nSPS) is 12.0. The Bertz CT molecular complexity index is 1540. The molecule has 0 aliphatic carbocycles. The van der Waals surface area contributed by atoms with Crippen molar-refractivity contribution >= 4 is 51.4 Å². The lowest BCUT2D eigenvalue weighted by molar-refractivity contribution is 0.0697. The third-order valence-corrected chi connectivity index (χ3v) is 8.42. The van der Waals surface area contributed by atoms with Crippen LogP contribution in [0.15, 0.2) is 101 Å². The molecule has 0 saturated heterocycles. The van der Waals surface area contributed by atoms with E-state index in [9.17, 15) is 18.3 Å². The van der Waals surface area contributed by atoms with Gasteiger partial charge in [0.25, 0.3) is 0 Å². The van der Waals surface area contributed by atoms with Crippen molar-refractivity contribution < 1.29 is 23.4 Å². The number of aromatic carboxylic acids is 1. The molecule has 4 rings (SSSR count). The minimum absolute atomic E-state index is 0. The number of hydrogen-bond donors (Lipinski definition) is 3. The number of carboxylic acid groups (broad SMARTS) is 1. The van der Waals surface area contributed by atoms with Gasteiger partial charge in [0.15, 0.2) is 0 Å². The zero-order chi connectivity index (χ0) is 27.3. The molecule has 3 N–H and O–H groups in total. The molecule has 4 aromatic rings. The van der Waals surface area contributed by atoms with Crippen molar-refractivity contribution in [1.82, 2.24) is 5.32 Å². The summed E-state index contributed by atoms with van der Waals surface area (Å²) in [5.74, 6) is -1.07. The molecule has 39 heavy (non-hydrogen) atoms. The molecule has 1 atom stereocenters. The Balaban J connectivity index is 0.00000420. The lowest BCUT2D eigenvalue weighted by Gasteiger charge is -2.13. The summed E-state index contributed by atoms with van der Waals surface area (Å²) < 4.78 is 26.3. The number of carboxylic acids is 1. The van der Waals surface area contributed by atoms with Crippen LogP contribution in [0, 0.1) is 0 Å². The zero-order valence-corrected chi connectivity index (χ0v) is 23.7. The highest BCUT2D eigenvalue weighted by atomic mass is 35.5. The Labute approximate surface area is 243 Å². The van der Waals surface area contributed by atoms with Crippen LogP contribution in [-0.2, 0) is 16.3 Å². The van der Waals surface area contributed by atoms with Crippen LogP contribution in [0.5, 0.6) is 0 Å².